The van der Waals surface area contributed by atoms with Crippen LogP contribution in [0.5, 0.6) is 0 Å². The number of halogens is 2. The summed E-state index contributed by atoms with van der Waals surface area (Å²) in [5.41, 5.74) is 1.56. The van der Waals surface area contributed by atoms with Crippen molar-refractivity contribution in [1.29, 1.82) is 0 Å². The Labute approximate surface area is 146 Å². The second kappa shape index (κ2) is 6.14. The summed E-state index contributed by atoms with van der Waals surface area (Å²) in [4.78, 5) is 16.6. The van der Waals surface area contributed by atoms with E-state index in [0.717, 1.165) is 5.56 Å². The highest BCUT2D eigenvalue weighted by atomic mass is 35.5. The maximum atomic E-state index is 13.2. The largest absolute Gasteiger partial charge is 0.359 e. The molecule has 7 heteroatoms. The molecule has 0 radical (unpaired) electrons. The van der Waals surface area contributed by atoms with E-state index in [1.54, 1.807) is 18.2 Å². The minimum absolute atomic E-state index is 0.180. The van der Waals surface area contributed by atoms with Crippen molar-refractivity contribution in [3.05, 3.63) is 81.8 Å². The molecule has 0 spiro atoms. The van der Waals surface area contributed by atoms with E-state index < -0.39 is 5.82 Å². The van der Waals surface area contributed by atoms with Gasteiger partial charge in [-0.2, -0.15) is 0 Å². The third kappa shape index (κ3) is 3.04. The third-order valence-electron chi connectivity index (χ3n) is 3.81. The van der Waals surface area contributed by atoms with E-state index >= 15 is 0 Å². The molecule has 5 nitrogen and oxygen atoms in total. The van der Waals surface area contributed by atoms with E-state index in [4.69, 9.17) is 16.1 Å². The fourth-order valence-electron chi connectivity index (χ4n) is 2.56. The maximum absolute atomic E-state index is 13.2. The summed E-state index contributed by atoms with van der Waals surface area (Å²) in [6.07, 6.45) is 1.37. The lowest BCUT2D eigenvalue weighted by Crippen LogP contribution is -2.21. The summed E-state index contributed by atoms with van der Waals surface area (Å²) in [5, 5.41) is 5.00. The molecule has 124 valence electrons. The number of rotatable bonds is 3. The molecule has 0 amide bonds. The standard InChI is InChI=1S/C18H11ClFN3O2/c19-12-3-1-11(2-4-12)16-8-14(25-22-16)9-23-10-21-17-7-13(20)5-6-15(17)18(23)24/h1-8,10H,9H2. The topological polar surface area (TPSA) is 60.9 Å². The summed E-state index contributed by atoms with van der Waals surface area (Å²) in [6, 6.07) is 12.9. The zero-order valence-corrected chi connectivity index (χ0v) is 13.6. The van der Waals surface area contributed by atoms with E-state index in [1.165, 1.54) is 29.1 Å². The zero-order chi connectivity index (χ0) is 17.4. The molecule has 0 aliphatic carbocycles. The molecule has 2 heterocycles. The lowest BCUT2D eigenvalue weighted by atomic mass is 10.1. The second-order valence-electron chi connectivity index (χ2n) is 5.52. The smallest absolute Gasteiger partial charge is 0.261 e. The Morgan fingerprint density at radius 2 is 1.92 bits per heavy atom. The Morgan fingerprint density at radius 3 is 2.72 bits per heavy atom. The first-order valence-corrected chi connectivity index (χ1v) is 7.84. The Kier molecular flexibility index (Phi) is 3.82. The van der Waals surface area contributed by atoms with Gasteiger partial charge in [0.1, 0.15) is 11.5 Å². The molecule has 0 saturated carbocycles. The van der Waals surface area contributed by atoms with Crippen molar-refractivity contribution in [3.63, 3.8) is 0 Å². The van der Waals surface area contributed by atoms with Gasteiger partial charge in [0.15, 0.2) is 5.76 Å². The molecule has 0 N–H and O–H groups in total. The van der Waals surface area contributed by atoms with Gasteiger partial charge in [-0.1, -0.05) is 28.9 Å². The Morgan fingerprint density at radius 1 is 1.12 bits per heavy atom. The molecule has 0 atom stereocenters. The van der Waals surface area contributed by atoms with Crippen LogP contribution in [0.2, 0.25) is 5.02 Å². The molecule has 0 saturated heterocycles. The molecule has 2 aromatic carbocycles. The van der Waals surface area contributed by atoms with Crippen LogP contribution in [0.4, 0.5) is 4.39 Å². The fraction of sp³-hybridized carbons (Fsp3) is 0.0556. The molecule has 0 unspecified atom stereocenters. The number of nitrogens with zero attached hydrogens (tertiary/aromatic N) is 3. The van der Waals surface area contributed by atoms with Crippen LogP contribution < -0.4 is 5.56 Å². The predicted octanol–water partition coefficient (Wildman–Crippen LogP) is 3.89. The number of hydrogen-bond acceptors (Lipinski definition) is 4. The number of benzene rings is 2. The van der Waals surface area contributed by atoms with E-state index in [9.17, 15) is 9.18 Å². The minimum Gasteiger partial charge on any atom is -0.359 e. The quantitative estimate of drug-likeness (QED) is 0.559. The van der Waals surface area contributed by atoms with Gasteiger partial charge in [0.2, 0.25) is 0 Å². The van der Waals surface area contributed by atoms with Gasteiger partial charge in [-0.15, -0.1) is 0 Å². The highest BCUT2D eigenvalue weighted by molar-refractivity contribution is 6.30. The van der Waals surface area contributed by atoms with Crippen molar-refractivity contribution < 1.29 is 8.91 Å². The Bertz CT molecular complexity index is 1120. The summed E-state index contributed by atoms with van der Waals surface area (Å²) in [6.45, 7) is 0.180. The van der Waals surface area contributed by atoms with E-state index in [1.807, 2.05) is 12.1 Å². The van der Waals surface area contributed by atoms with Gasteiger partial charge in [-0.3, -0.25) is 9.36 Å². The first-order valence-electron chi connectivity index (χ1n) is 7.46. The van der Waals surface area contributed by atoms with Gasteiger partial charge in [0, 0.05) is 22.7 Å². The molecule has 0 bridgehead atoms. The molecule has 4 rings (SSSR count). The normalized spacial score (nSPS) is 11.1. The highest BCUT2D eigenvalue weighted by Gasteiger charge is 2.10. The number of aromatic nitrogens is 3. The third-order valence-corrected chi connectivity index (χ3v) is 4.06. The van der Waals surface area contributed by atoms with Crippen molar-refractivity contribution in [3.8, 4) is 11.3 Å². The van der Waals surface area contributed by atoms with Crippen molar-refractivity contribution in [2.24, 2.45) is 0 Å². The average molecular weight is 356 g/mol. The molecule has 2 aromatic heterocycles. The minimum atomic E-state index is -0.431. The number of hydrogen-bond donors (Lipinski definition) is 0. The van der Waals surface area contributed by atoms with Gasteiger partial charge in [-0.25, -0.2) is 9.37 Å². The lowest BCUT2D eigenvalue weighted by Gasteiger charge is -2.04. The molecule has 0 aliphatic heterocycles. The SMILES string of the molecule is O=c1c2ccc(F)cc2ncn1Cc1cc(-c2ccc(Cl)cc2)no1. The van der Waals surface area contributed by atoms with Gasteiger partial charge < -0.3 is 4.52 Å². The first-order chi connectivity index (χ1) is 12.1. The van der Waals surface area contributed by atoms with Crippen LogP contribution in [0.1, 0.15) is 5.76 Å². The molecule has 0 aliphatic rings. The van der Waals surface area contributed by atoms with Gasteiger partial charge in [0.05, 0.1) is 23.8 Å². The average Bonchev–Trinajstić information content (AvgIpc) is 3.06. The van der Waals surface area contributed by atoms with Crippen LogP contribution in [-0.2, 0) is 6.54 Å². The molecule has 0 fully saturated rings. The Hall–Kier alpha value is -2.99. The van der Waals surface area contributed by atoms with E-state index in [0.29, 0.717) is 27.4 Å². The number of fused-ring (bicyclic) bond motifs is 1. The van der Waals surface area contributed by atoms with Crippen LogP contribution in [0, 0.1) is 5.82 Å². The molecular formula is C18H11ClFN3O2. The van der Waals surface area contributed by atoms with Crippen molar-refractivity contribution >= 4 is 22.5 Å². The first kappa shape index (κ1) is 15.5. The van der Waals surface area contributed by atoms with Crippen LogP contribution in [0.3, 0.4) is 0 Å². The second-order valence-corrected chi connectivity index (χ2v) is 5.96. The van der Waals surface area contributed by atoms with E-state index in [-0.39, 0.29) is 12.1 Å². The van der Waals surface area contributed by atoms with E-state index in [2.05, 4.69) is 10.1 Å². The van der Waals surface area contributed by atoms with Crippen molar-refractivity contribution in [2.75, 3.05) is 0 Å². The summed E-state index contributed by atoms with van der Waals surface area (Å²) < 4.78 is 19.9. The van der Waals surface area contributed by atoms with Crippen LogP contribution in [0.15, 0.2) is 64.2 Å². The monoisotopic (exact) mass is 355 g/mol. The fourth-order valence-corrected chi connectivity index (χ4v) is 2.68. The van der Waals surface area contributed by atoms with Crippen LogP contribution in [0.25, 0.3) is 22.2 Å². The summed E-state index contributed by atoms with van der Waals surface area (Å²) in [7, 11) is 0. The molecule has 25 heavy (non-hydrogen) atoms. The van der Waals surface area contributed by atoms with Gasteiger partial charge in [-0.05, 0) is 24.3 Å². The van der Waals surface area contributed by atoms with Crippen molar-refractivity contribution in [1.82, 2.24) is 14.7 Å². The van der Waals surface area contributed by atoms with Crippen LogP contribution >= 0.6 is 11.6 Å². The molecular weight excluding hydrogens is 345 g/mol. The highest BCUT2D eigenvalue weighted by Crippen LogP contribution is 2.21. The van der Waals surface area contributed by atoms with Gasteiger partial charge >= 0.3 is 0 Å². The van der Waals surface area contributed by atoms with Gasteiger partial charge in [0.25, 0.3) is 5.56 Å². The lowest BCUT2D eigenvalue weighted by molar-refractivity contribution is 0.376. The summed E-state index contributed by atoms with van der Waals surface area (Å²) in [5.74, 6) is 0.0790. The van der Waals surface area contributed by atoms with Crippen LogP contribution in [-0.4, -0.2) is 14.7 Å². The predicted molar refractivity (Wildman–Crippen MR) is 92.0 cm³/mol. The zero-order valence-electron chi connectivity index (χ0n) is 12.8. The van der Waals surface area contributed by atoms with Crippen molar-refractivity contribution in [2.45, 2.75) is 6.54 Å². The maximum Gasteiger partial charge on any atom is 0.261 e. The summed E-state index contributed by atoms with van der Waals surface area (Å²) >= 11 is 5.87. The molecule has 4 aromatic rings. The Balaban J connectivity index is 1.66.